The zero-order chi connectivity index (χ0) is 13.8. The maximum atomic E-state index is 5.72. The summed E-state index contributed by atoms with van der Waals surface area (Å²) >= 11 is 8.35. The highest BCUT2D eigenvalue weighted by Gasteiger charge is 2.02. The summed E-state index contributed by atoms with van der Waals surface area (Å²) in [5.74, 6) is 1.80. The normalized spacial score (nSPS) is 10.7. The summed E-state index contributed by atoms with van der Waals surface area (Å²) in [6.45, 7) is 4.87. The van der Waals surface area contributed by atoms with Gasteiger partial charge in [0.15, 0.2) is 8.29 Å². The second-order valence-corrected chi connectivity index (χ2v) is 7.17. The van der Waals surface area contributed by atoms with Crippen molar-refractivity contribution in [2.75, 3.05) is 12.4 Å². The number of aryl methyl sites for hydroxylation is 3. The molecular formula is C13H16N2OS3. The van der Waals surface area contributed by atoms with E-state index in [1.807, 2.05) is 13.1 Å². The Hall–Kier alpha value is -0.850. The van der Waals surface area contributed by atoms with Crippen LogP contribution in [0.25, 0.3) is 0 Å². The van der Waals surface area contributed by atoms with Crippen molar-refractivity contribution in [3.8, 4) is 5.75 Å². The summed E-state index contributed by atoms with van der Waals surface area (Å²) < 4.78 is 9.25. The SMILES string of the molecule is Cc1ccc(OCCSc2nn(C)c(=S)s2)cc1C. The zero-order valence-electron chi connectivity index (χ0n) is 11.2. The topological polar surface area (TPSA) is 27.1 Å². The van der Waals surface area contributed by atoms with E-state index in [-0.39, 0.29) is 0 Å². The average Bonchev–Trinajstić information content (AvgIpc) is 2.69. The highest BCUT2D eigenvalue weighted by Crippen LogP contribution is 2.22. The largest absolute Gasteiger partial charge is 0.493 e. The summed E-state index contributed by atoms with van der Waals surface area (Å²) in [6.07, 6.45) is 0. The molecular weight excluding hydrogens is 296 g/mol. The Morgan fingerprint density at radius 1 is 1.37 bits per heavy atom. The number of benzene rings is 1. The molecule has 1 aromatic heterocycles. The van der Waals surface area contributed by atoms with E-state index in [1.54, 1.807) is 16.4 Å². The molecule has 0 atom stereocenters. The molecule has 0 aliphatic carbocycles. The number of hydrogen-bond donors (Lipinski definition) is 0. The van der Waals surface area contributed by atoms with Crippen LogP contribution in [0.3, 0.4) is 0 Å². The van der Waals surface area contributed by atoms with Crippen LogP contribution in [-0.2, 0) is 7.05 Å². The molecule has 0 amide bonds. The quantitative estimate of drug-likeness (QED) is 0.474. The fourth-order valence-electron chi connectivity index (χ4n) is 1.47. The maximum Gasteiger partial charge on any atom is 0.179 e. The third-order valence-corrected chi connectivity index (χ3v) is 5.24. The predicted molar refractivity (Wildman–Crippen MR) is 84.1 cm³/mol. The average molecular weight is 312 g/mol. The van der Waals surface area contributed by atoms with E-state index < -0.39 is 0 Å². The number of aromatic nitrogens is 2. The van der Waals surface area contributed by atoms with Gasteiger partial charge in [0, 0.05) is 12.8 Å². The molecule has 2 aromatic rings. The van der Waals surface area contributed by atoms with Gasteiger partial charge in [-0.25, -0.2) is 4.68 Å². The first-order valence-corrected chi connectivity index (χ1v) is 8.14. The van der Waals surface area contributed by atoms with E-state index >= 15 is 0 Å². The third-order valence-electron chi connectivity index (χ3n) is 2.73. The number of hydrogen-bond acceptors (Lipinski definition) is 5. The van der Waals surface area contributed by atoms with Crippen LogP contribution in [-0.4, -0.2) is 22.1 Å². The summed E-state index contributed by atoms with van der Waals surface area (Å²) in [5, 5.41) is 4.32. The molecule has 0 radical (unpaired) electrons. The van der Waals surface area contributed by atoms with Crippen molar-refractivity contribution < 1.29 is 4.74 Å². The summed E-state index contributed by atoms with van der Waals surface area (Å²) in [6, 6.07) is 6.17. The minimum Gasteiger partial charge on any atom is -0.493 e. The van der Waals surface area contributed by atoms with Crippen molar-refractivity contribution in [2.45, 2.75) is 18.2 Å². The Morgan fingerprint density at radius 2 is 2.16 bits per heavy atom. The first-order chi connectivity index (χ1) is 9.06. The molecule has 0 aliphatic heterocycles. The molecule has 19 heavy (non-hydrogen) atoms. The van der Waals surface area contributed by atoms with Gasteiger partial charge in [-0.05, 0) is 49.3 Å². The van der Waals surface area contributed by atoms with Crippen molar-refractivity contribution in [2.24, 2.45) is 7.05 Å². The molecule has 6 heteroatoms. The lowest BCUT2D eigenvalue weighted by Crippen LogP contribution is -2.00. The molecule has 0 saturated carbocycles. The van der Waals surface area contributed by atoms with Crippen molar-refractivity contribution in [3.63, 3.8) is 0 Å². The maximum absolute atomic E-state index is 5.72. The monoisotopic (exact) mass is 312 g/mol. The number of thioether (sulfide) groups is 1. The van der Waals surface area contributed by atoms with Gasteiger partial charge in [0.25, 0.3) is 0 Å². The van der Waals surface area contributed by atoms with Gasteiger partial charge in [-0.15, -0.1) is 0 Å². The summed E-state index contributed by atoms with van der Waals surface area (Å²) in [5.41, 5.74) is 2.54. The molecule has 2 rings (SSSR count). The Labute approximate surface area is 126 Å². The van der Waals surface area contributed by atoms with Gasteiger partial charge in [0.2, 0.25) is 0 Å². The summed E-state index contributed by atoms with van der Waals surface area (Å²) in [7, 11) is 1.87. The number of rotatable bonds is 5. The molecule has 0 aliphatic rings. The minimum atomic E-state index is 0.670. The van der Waals surface area contributed by atoms with Gasteiger partial charge in [0.1, 0.15) is 5.75 Å². The second kappa shape index (κ2) is 6.54. The fourth-order valence-corrected chi connectivity index (χ4v) is 3.64. The van der Waals surface area contributed by atoms with Crippen LogP contribution < -0.4 is 4.74 Å². The molecule has 1 heterocycles. The Balaban J connectivity index is 1.80. The lowest BCUT2D eigenvalue weighted by Gasteiger charge is -2.07. The second-order valence-electron chi connectivity index (χ2n) is 4.20. The van der Waals surface area contributed by atoms with Crippen LogP contribution in [0.1, 0.15) is 11.1 Å². The Morgan fingerprint density at radius 3 is 2.79 bits per heavy atom. The van der Waals surface area contributed by atoms with Crippen LogP contribution in [0.2, 0.25) is 0 Å². The van der Waals surface area contributed by atoms with E-state index in [4.69, 9.17) is 17.0 Å². The van der Waals surface area contributed by atoms with Gasteiger partial charge >= 0.3 is 0 Å². The molecule has 3 nitrogen and oxygen atoms in total. The van der Waals surface area contributed by atoms with Crippen molar-refractivity contribution >= 4 is 35.3 Å². The third kappa shape index (κ3) is 4.06. The lowest BCUT2D eigenvalue weighted by atomic mass is 10.1. The van der Waals surface area contributed by atoms with E-state index in [9.17, 15) is 0 Å². The van der Waals surface area contributed by atoms with Crippen LogP contribution in [0.4, 0.5) is 0 Å². The van der Waals surface area contributed by atoms with Crippen LogP contribution in [0.15, 0.2) is 22.5 Å². The molecule has 0 unspecified atom stereocenters. The Bertz CT molecular complexity index is 619. The number of nitrogens with zero attached hydrogens (tertiary/aromatic N) is 2. The highest BCUT2D eigenvalue weighted by atomic mass is 32.2. The van der Waals surface area contributed by atoms with Crippen molar-refractivity contribution in [3.05, 3.63) is 33.3 Å². The van der Waals surface area contributed by atoms with Crippen LogP contribution in [0, 0.1) is 17.8 Å². The molecule has 0 spiro atoms. The summed E-state index contributed by atoms with van der Waals surface area (Å²) in [4.78, 5) is 0. The molecule has 0 N–H and O–H groups in total. The molecule has 102 valence electrons. The van der Waals surface area contributed by atoms with Crippen LogP contribution in [0.5, 0.6) is 5.75 Å². The van der Waals surface area contributed by atoms with E-state index in [1.165, 1.54) is 22.5 Å². The van der Waals surface area contributed by atoms with Gasteiger partial charge in [-0.1, -0.05) is 29.2 Å². The smallest absolute Gasteiger partial charge is 0.179 e. The fraction of sp³-hybridized carbons (Fsp3) is 0.385. The zero-order valence-corrected chi connectivity index (χ0v) is 13.6. The molecule has 0 bridgehead atoms. The molecule has 1 aromatic carbocycles. The van der Waals surface area contributed by atoms with Crippen molar-refractivity contribution in [1.82, 2.24) is 9.78 Å². The van der Waals surface area contributed by atoms with Crippen molar-refractivity contribution in [1.29, 1.82) is 0 Å². The first-order valence-electron chi connectivity index (χ1n) is 5.93. The van der Waals surface area contributed by atoms with Gasteiger partial charge < -0.3 is 4.74 Å². The Kier molecular flexibility index (Phi) is 5.01. The first kappa shape index (κ1) is 14.6. The molecule has 0 saturated heterocycles. The highest BCUT2D eigenvalue weighted by molar-refractivity contribution is 8.01. The van der Waals surface area contributed by atoms with E-state index in [0.717, 1.165) is 19.8 Å². The van der Waals surface area contributed by atoms with Gasteiger partial charge in [-0.3, -0.25) is 0 Å². The van der Waals surface area contributed by atoms with Gasteiger partial charge in [0.05, 0.1) is 6.61 Å². The van der Waals surface area contributed by atoms with Gasteiger partial charge in [-0.2, -0.15) is 5.10 Å². The minimum absolute atomic E-state index is 0.670. The van der Waals surface area contributed by atoms with Crippen LogP contribution >= 0.6 is 35.3 Å². The number of ether oxygens (including phenoxy) is 1. The van der Waals surface area contributed by atoms with E-state index in [2.05, 4.69) is 31.1 Å². The predicted octanol–water partition coefficient (Wildman–Crippen LogP) is 4.00. The van der Waals surface area contributed by atoms with E-state index in [0.29, 0.717) is 6.61 Å². The molecule has 0 fully saturated rings. The lowest BCUT2D eigenvalue weighted by molar-refractivity contribution is 0.343. The standard InChI is InChI=1S/C13H16N2OS3/c1-9-4-5-11(8-10(9)2)16-6-7-18-12-14-15(3)13(17)19-12/h4-5,8H,6-7H2,1-3H3.